The van der Waals surface area contributed by atoms with Gasteiger partial charge in [-0.25, -0.2) is 0 Å². The van der Waals surface area contributed by atoms with Gasteiger partial charge in [-0.2, -0.15) is 0 Å². The molecular formula is C74H150O22. The van der Waals surface area contributed by atoms with Crippen LogP contribution in [0, 0.1) is 11.8 Å². The minimum atomic E-state index is 0.0223. The molecule has 0 aromatic rings. The third-order valence-electron chi connectivity index (χ3n) is 15.8. The summed E-state index contributed by atoms with van der Waals surface area (Å²) in [6.07, 6.45) is 37.4. The third kappa shape index (κ3) is 85.5. The molecule has 22 heteroatoms. The molecule has 2 N–H and O–H groups in total. The zero-order chi connectivity index (χ0) is 68.8. The predicted octanol–water partition coefficient (Wildman–Crippen LogP) is 11.5. The Bertz CT molecular complexity index is 1240. The topological polar surface area (TPSA) is 225 Å². The second kappa shape index (κ2) is 90.2. The molecule has 2 atom stereocenters. The highest BCUT2D eigenvalue weighted by molar-refractivity contribution is 4.64. The quantitative estimate of drug-likeness (QED) is 0.0540. The van der Waals surface area contributed by atoms with Crippen molar-refractivity contribution in [2.75, 3.05) is 277 Å². The molecule has 0 saturated carbocycles. The predicted molar refractivity (Wildman–Crippen MR) is 378 cm³/mol. The van der Waals surface area contributed by atoms with Crippen LogP contribution < -0.4 is 0 Å². The largest absolute Gasteiger partial charge is 0.394 e. The fourth-order valence-corrected chi connectivity index (χ4v) is 10.3. The van der Waals surface area contributed by atoms with Gasteiger partial charge in [-0.15, -0.1) is 0 Å². The maximum Gasteiger partial charge on any atom is 0.0701 e. The van der Waals surface area contributed by atoms with Gasteiger partial charge in [0.05, 0.1) is 264 Å². The molecule has 0 amide bonds. The Hall–Kier alpha value is -0.880. The highest BCUT2D eigenvalue weighted by atomic mass is 16.6. The van der Waals surface area contributed by atoms with E-state index in [1.165, 1.54) is 180 Å². The summed E-state index contributed by atoms with van der Waals surface area (Å²) >= 11 is 0. The molecule has 2 unspecified atom stereocenters. The molecule has 0 aliphatic rings. The van der Waals surface area contributed by atoms with Crippen molar-refractivity contribution in [3.8, 4) is 0 Å². The van der Waals surface area contributed by atoms with Crippen LogP contribution in [-0.2, 0) is 94.7 Å². The van der Waals surface area contributed by atoms with E-state index in [2.05, 4.69) is 13.8 Å². The van der Waals surface area contributed by atoms with Crippen LogP contribution in [0.15, 0.2) is 0 Å². The first-order valence-electron chi connectivity index (χ1n) is 38.5. The second-order valence-electron chi connectivity index (χ2n) is 24.3. The number of hydrogen-bond acceptors (Lipinski definition) is 22. The fraction of sp³-hybridized carbons (Fsp3) is 1.00. The number of hydrogen-bond donors (Lipinski definition) is 2. The van der Waals surface area contributed by atoms with Crippen LogP contribution in [0.5, 0.6) is 0 Å². The van der Waals surface area contributed by atoms with Crippen LogP contribution in [0.4, 0.5) is 0 Å². The van der Waals surface area contributed by atoms with Crippen molar-refractivity contribution in [2.24, 2.45) is 11.8 Å². The summed E-state index contributed by atoms with van der Waals surface area (Å²) in [4.78, 5) is 0. The maximum absolute atomic E-state index is 8.67. The summed E-state index contributed by atoms with van der Waals surface area (Å²) in [6, 6.07) is 0. The smallest absolute Gasteiger partial charge is 0.0701 e. The molecule has 0 saturated heterocycles. The summed E-state index contributed by atoms with van der Waals surface area (Å²) in [5.74, 6) is 1.22. The molecule has 0 aromatic heterocycles. The second-order valence-corrected chi connectivity index (χ2v) is 24.3. The number of aliphatic hydroxyl groups excluding tert-OH is 2. The van der Waals surface area contributed by atoms with E-state index in [9.17, 15) is 0 Å². The van der Waals surface area contributed by atoms with Gasteiger partial charge >= 0.3 is 0 Å². The van der Waals surface area contributed by atoms with Crippen molar-refractivity contribution >= 4 is 0 Å². The molecule has 0 aromatic carbocycles. The first-order valence-corrected chi connectivity index (χ1v) is 38.5. The Labute approximate surface area is 585 Å². The van der Waals surface area contributed by atoms with Crippen LogP contribution >= 0.6 is 0 Å². The number of aliphatic hydroxyl groups is 2. The zero-order valence-corrected chi connectivity index (χ0v) is 61.7. The van der Waals surface area contributed by atoms with Crippen molar-refractivity contribution < 1.29 is 105 Å². The summed E-state index contributed by atoms with van der Waals surface area (Å²) in [5.41, 5.74) is 0. The Balaban J connectivity index is 4.29. The standard InChI is InChI=1S/C74H150O22/c1-3-5-7-9-11-13-15-17-19-23-27-73(71-95-69-67-93-65-63-91-61-59-89-57-55-87-53-51-85-49-47-83-45-43-81-41-39-79-37-35-77-33-31-75)29-25-21-22-26-30-74(28-24-20-18-16-14-12-10-8-6-4-2)72-96-70-68-94-66-64-92-62-60-90-58-56-88-54-52-86-50-48-84-46-44-82-42-40-80-38-36-78-34-32-76/h73-76H,3-72H2,1-2H3. The van der Waals surface area contributed by atoms with Crippen LogP contribution in [0.1, 0.15) is 194 Å². The van der Waals surface area contributed by atoms with Crippen molar-refractivity contribution in [3.63, 3.8) is 0 Å². The first-order chi connectivity index (χ1) is 47.8. The van der Waals surface area contributed by atoms with Crippen molar-refractivity contribution in [3.05, 3.63) is 0 Å². The molecule has 0 aliphatic carbocycles. The fourth-order valence-electron chi connectivity index (χ4n) is 10.3. The van der Waals surface area contributed by atoms with Crippen molar-refractivity contribution in [1.82, 2.24) is 0 Å². The van der Waals surface area contributed by atoms with Crippen LogP contribution in [0.25, 0.3) is 0 Å². The van der Waals surface area contributed by atoms with Gasteiger partial charge in [0.25, 0.3) is 0 Å². The monoisotopic (exact) mass is 1390 g/mol. The normalized spacial score (nSPS) is 12.5. The molecule has 0 radical (unpaired) electrons. The van der Waals surface area contributed by atoms with Gasteiger partial charge in [-0.3, -0.25) is 0 Å². The Kier molecular flexibility index (Phi) is 89.4. The zero-order valence-electron chi connectivity index (χ0n) is 61.7. The van der Waals surface area contributed by atoms with E-state index in [4.69, 9.17) is 105 Å². The van der Waals surface area contributed by atoms with Crippen LogP contribution in [0.2, 0.25) is 0 Å². The average Bonchev–Trinajstić information content (AvgIpc) is 3.62. The molecule has 0 spiro atoms. The van der Waals surface area contributed by atoms with Crippen LogP contribution in [-0.4, -0.2) is 288 Å². The summed E-state index contributed by atoms with van der Waals surface area (Å²) in [7, 11) is 0. The summed E-state index contributed by atoms with van der Waals surface area (Å²) in [5, 5.41) is 17.3. The molecule has 96 heavy (non-hydrogen) atoms. The average molecular weight is 1390 g/mol. The van der Waals surface area contributed by atoms with E-state index in [1.54, 1.807) is 0 Å². The van der Waals surface area contributed by atoms with Gasteiger partial charge in [0.15, 0.2) is 0 Å². The lowest BCUT2D eigenvalue weighted by molar-refractivity contribution is -0.0273. The van der Waals surface area contributed by atoms with Gasteiger partial charge < -0.3 is 105 Å². The highest BCUT2D eigenvalue weighted by Crippen LogP contribution is 2.23. The van der Waals surface area contributed by atoms with E-state index in [1.807, 2.05) is 0 Å². The van der Waals surface area contributed by atoms with Crippen molar-refractivity contribution in [2.45, 2.75) is 194 Å². The molecule has 0 bridgehead atoms. The molecule has 0 aliphatic heterocycles. The Morgan fingerprint density at radius 2 is 0.281 bits per heavy atom. The Morgan fingerprint density at radius 3 is 0.427 bits per heavy atom. The van der Waals surface area contributed by atoms with Gasteiger partial charge in [0.2, 0.25) is 0 Å². The van der Waals surface area contributed by atoms with Crippen LogP contribution in [0.3, 0.4) is 0 Å². The van der Waals surface area contributed by atoms with E-state index >= 15 is 0 Å². The third-order valence-corrected chi connectivity index (χ3v) is 15.8. The minimum absolute atomic E-state index is 0.0223. The SMILES string of the molecule is CCCCCCCCCCCCC(CCCCCCC(CCCCCCCCCCCC)COCCOCCOCCOCCOCCOCCOCCOCCOCCOCCO)COCCOCCOCCOCCOCCOCCOCCOCCOCCOCCO. The minimum Gasteiger partial charge on any atom is -0.394 e. The molecule has 0 fully saturated rings. The molecule has 578 valence electrons. The first kappa shape index (κ1) is 95.1. The highest BCUT2D eigenvalue weighted by Gasteiger charge is 2.13. The lowest BCUT2D eigenvalue weighted by Gasteiger charge is -2.19. The van der Waals surface area contributed by atoms with E-state index in [0.29, 0.717) is 263 Å². The lowest BCUT2D eigenvalue weighted by Crippen LogP contribution is -2.16. The molecule has 0 rings (SSSR count). The summed E-state index contributed by atoms with van der Waals surface area (Å²) in [6.45, 7) is 25.6. The Morgan fingerprint density at radius 1 is 0.156 bits per heavy atom. The molecule has 0 heterocycles. The number of ether oxygens (including phenoxy) is 20. The van der Waals surface area contributed by atoms with Gasteiger partial charge in [0, 0.05) is 13.2 Å². The van der Waals surface area contributed by atoms with E-state index < -0.39 is 0 Å². The lowest BCUT2D eigenvalue weighted by atomic mass is 9.93. The van der Waals surface area contributed by atoms with Crippen molar-refractivity contribution in [1.29, 1.82) is 0 Å². The van der Waals surface area contributed by atoms with Gasteiger partial charge in [-0.05, 0) is 37.5 Å². The molecule has 22 nitrogen and oxygen atoms in total. The molecular weight excluding hydrogens is 1240 g/mol. The van der Waals surface area contributed by atoms with E-state index in [0.717, 1.165) is 13.2 Å². The van der Waals surface area contributed by atoms with Gasteiger partial charge in [0.1, 0.15) is 0 Å². The number of rotatable bonds is 91. The van der Waals surface area contributed by atoms with Gasteiger partial charge in [-0.1, -0.05) is 168 Å². The number of unbranched alkanes of at least 4 members (excludes halogenated alkanes) is 21. The van der Waals surface area contributed by atoms with E-state index in [-0.39, 0.29) is 13.2 Å². The summed E-state index contributed by atoms with van der Waals surface area (Å²) < 4.78 is 112. The maximum atomic E-state index is 8.67.